The van der Waals surface area contributed by atoms with Crippen LogP contribution < -0.4 is 0 Å². The summed E-state index contributed by atoms with van der Waals surface area (Å²) in [4.78, 5) is 10.8. The Morgan fingerprint density at radius 2 is 2.00 bits per heavy atom. The second-order valence-corrected chi connectivity index (χ2v) is 3.95. The van der Waals surface area contributed by atoms with E-state index in [4.69, 9.17) is 0 Å². The zero-order valence-corrected chi connectivity index (χ0v) is 9.99. The van der Waals surface area contributed by atoms with Crippen molar-refractivity contribution < 1.29 is 4.79 Å². The van der Waals surface area contributed by atoms with Gasteiger partial charge in [0.25, 0.3) is 0 Å². The average molecular weight is 214 g/mol. The lowest BCUT2D eigenvalue weighted by atomic mass is 10.1. The molecule has 0 saturated heterocycles. The summed E-state index contributed by atoms with van der Waals surface area (Å²) in [5, 5.41) is 0. The maximum Gasteiger partial charge on any atom is 0.153 e. The molecule has 0 spiro atoms. The third-order valence-electron chi connectivity index (χ3n) is 2.44. The highest BCUT2D eigenvalue weighted by molar-refractivity contribution is 5.74. The standard InChI is InChI=1S/C15H18O/c1-3-4-5-15(12-16)11-10-14-8-6-13(2)7-9-14/h6-10,12H,3-5H2,1-2H3. The van der Waals surface area contributed by atoms with E-state index < -0.39 is 0 Å². The molecule has 1 heteroatoms. The molecule has 0 fully saturated rings. The molecule has 0 saturated carbocycles. The van der Waals surface area contributed by atoms with E-state index in [1.54, 1.807) is 0 Å². The Balaban J connectivity index is 2.78. The fourth-order valence-electron chi connectivity index (χ4n) is 1.37. The zero-order valence-electron chi connectivity index (χ0n) is 9.99. The van der Waals surface area contributed by atoms with E-state index in [0.29, 0.717) is 0 Å². The third-order valence-corrected chi connectivity index (χ3v) is 2.44. The minimum atomic E-state index is 0.752. The van der Waals surface area contributed by atoms with Crippen molar-refractivity contribution in [2.45, 2.75) is 33.1 Å². The summed E-state index contributed by atoms with van der Waals surface area (Å²) in [5.41, 5.74) is 6.14. The molecule has 0 unspecified atom stereocenters. The fourth-order valence-corrected chi connectivity index (χ4v) is 1.37. The molecule has 0 aliphatic rings. The molecule has 0 N–H and O–H groups in total. The highest BCUT2D eigenvalue weighted by Crippen LogP contribution is 2.07. The van der Waals surface area contributed by atoms with Gasteiger partial charge in [-0.05, 0) is 31.4 Å². The highest BCUT2D eigenvalue weighted by Gasteiger charge is 1.92. The van der Waals surface area contributed by atoms with Gasteiger partial charge in [0.05, 0.1) is 0 Å². The topological polar surface area (TPSA) is 17.1 Å². The van der Waals surface area contributed by atoms with Crippen molar-refractivity contribution in [3.8, 4) is 0 Å². The second-order valence-electron chi connectivity index (χ2n) is 3.95. The van der Waals surface area contributed by atoms with Gasteiger partial charge in [-0.2, -0.15) is 0 Å². The number of carbonyl (C=O) groups excluding carboxylic acids is 1. The Morgan fingerprint density at radius 3 is 2.56 bits per heavy atom. The van der Waals surface area contributed by atoms with E-state index in [1.165, 1.54) is 5.56 Å². The Labute approximate surface area is 97.5 Å². The van der Waals surface area contributed by atoms with Crippen molar-refractivity contribution in [1.82, 2.24) is 0 Å². The monoisotopic (exact) mass is 214 g/mol. The lowest BCUT2D eigenvalue weighted by Gasteiger charge is -1.94. The number of unbranched alkanes of at least 4 members (excludes halogenated alkanes) is 1. The predicted molar refractivity (Wildman–Crippen MR) is 68.3 cm³/mol. The molecule has 1 aromatic rings. The molecule has 0 heterocycles. The first-order valence-corrected chi connectivity index (χ1v) is 5.73. The van der Waals surface area contributed by atoms with E-state index in [9.17, 15) is 4.79 Å². The molecule has 1 nitrogen and oxygen atoms in total. The van der Waals surface area contributed by atoms with Crippen molar-refractivity contribution in [3.63, 3.8) is 0 Å². The molecule has 84 valence electrons. The van der Waals surface area contributed by atoms with Gasteiger partial charge in [-0.25, -0.2) is 0 Å². The average Bonchev–Trinajstić information content (AvgIpc) is 2.32. The van der Waals surface area contributed by atoms with Crippen LogP contribution in [0.2, 0.25) is 0 Å². The van der Waals surface area contributed by atoms with Crippen LogP contribution in [0.15, 0.2) is 35.6 Å². The summed E-state index contributed by atoms with van der Waals surface area (Å²) >= 11 is 0. The van der Waals surface area contributed by atoms with E-state index in [1.807, 2.05) is 18.2 Å². The zero-order chi connectivity index (χ0) is 11.8. The Hall–Kier alpha value is -1.59. The molecule has 0 bridgehead atoms. The van der Waals surface area contributed by atoms with Gasteiger partial charge >= 0.3 is 0 Å². The molecule has 0 radical (unpaired) electrons. The number of allylic oxidation sites excluding steroid dienone is 1. The summed E-state index contributed by atoms with van der Waals surface area (Å²) in [6.07, 6.45) is 5.74. The van der Waals surface area contributed by atoms with Gasteiger partial charge in [0, 0.05) is 5.57 Å². The number of hydrogen-bond acceptors (Lipinski definition) is 1. The van der Waals surface area contributed by atoms with E-state index in [0.717, 1.165) is 36.7 Å². The van der Waals surface area contributed by atoms with Crippen molar-refractivity contribution in [2.75, 3.05) is 0 Å². The van der Waals surface area contributed by atoms with Crippen molar-refractivity contribution >= 4 is 12.4 Å². The van der Waals surface area contributed by atoms with Crippen LogP contribution in [0.5, 0.6) is 0 Å². The van der Waals surface area contributed by atoms with Crippen LogP contribution >= 0.6 is 0 Å². The predicted octanol–water partition coefficient (Wildman–Crippen LogP) is 3.92. The summed E-state index contributed by atoms with van der Waals surface area (Å²) < 4.78 is 0. The quantitative estimate of drug-likeness (QED) is 0.412. The molecular weight excluding hydrogens is 196 g/mol. The maximum absolute atomic E-state index is 10.8. The van der Waals surface area contributed by atoms with E-state index >= 15 is 0 Å². The van der Waals surface area contributed by atoms with Gasteiger partial charge in [0.2, 0.25) is 0 Å². The van der Waals surface area contributed by atoms with Gasteiger partial charge < -0.3 is 0 Å². The van der Waals surface area contributed by atoms with E-state index in [2.05, 4.69) is 31.7 Å². The molecule has 0 amide bonds. The largest absolute Gasteiger partial charge is 0.298 e. The SMILES string of the molecule is CCCCC(=C=Cc1ccc(C)cc1)C=O. The van der Waals surface area contributed by atoms with Gasteiger partial charge in [-0.3, -0.25) is 4.79 Å². The number of rotatable bonds is 5. The molecule has 0 aliphatic carbocycles. The first kappa shape index (κ1) is 12.5. The summed E-state index contributed by atoms with van der Waals surface area (Å²) in [5.74, 6) is 0. The third kappa shape index (κ3) is 4.29. The smallest absolute Gasteiger partial charge is 0.153 e. The summed E-state index contributed by atoms with van der Waals surface area (Å²) in [7, 11) is 0. The van der Waals surface area contributed by atoms with Crippen LogP contribution in [0, 0.1) is 6.92 Å². The van der Waals surface area contributed by atoms with Crippen LogP contribution in [-0.2, 0) is 4.79 Å². The minimum Gasteiger partial charge on any atom is -0.298 e. The van der Waals surface area contributed by atoms with Crippen LogP contribution in [0.1, 0.15) is 37.3 Å². The van der Waals surface area contributed by atoms with Gasteiger partial charge in [0.1, 0.15) is 0 Å². The fraction of sp³-hybridized carbons (Fsp3) is 0.333. The van der Waals surface area contributed by atoms with Gasteiger partial charge in [0.15, 0.2) is 6.29 Å². The molecule has 0 aliphatic heterocycles. The Bertz CT molecular complexity index is 392. The Kier molecular flexibility index (Phi) is 5.31. The van der Waals surface area contributed by atoms with Crippen LogP contribution in [0.25, 0.3) is 6.08 Å². The lowest BCUT2D eigenvalue weighted by Crippen LogP contribution is -1.82. The van der Waals surface area contributed by atoms with Crippen molar-refractivity contribution in [2.24, 2.45) is 0 Å². The first-order chi connectivity index (χ1) is 7.76. The normalized spacial score (nSPS) is 9.38. The number of aryl methyl sites for hydroxylation is 1. The maximum atomic E-state index is 10.8. The van der Waals surface area contributed by atoms with Crippen molar-refractivity contribution in [3.05, 3.63) is 46.7 Å². The van der Waals surface area contributed by atoms with Gasteiger partial charge in [-0.15, -0.1) is 5.73 Å². The second kappa shape index (κ2) is 6.81. The van der Waals surface area contributed by atoms with Crippen LogP contribution in [0.4, 0.5) is 0 Å². The summed E-state index contributed by atoms with van der Waals surface area (Å²) in [6.45, 7) is 4.17. The molecule has 16 heavy (non-hydrogen) atoms. The molecule has 0 aromatic heterocycles. The van der Waals surface area contributed by atoms with Gasteiger partial charge in [-0.1, -0.05) is 43.2 Å². The molecule has 1 rings (SSSR count). The summed E-state index contributed by atoms with van der Waals surface area (Å²) in [6, 6.07) is 8.18. The van der Waals surface area contributed by atoms with Crippen molar-refractivity contribution in [1.29, 1.82) is 0 Å². The molecular formula is C15H18O. The number of hydrogen-bond donors (Lipinski definition) is 0. The molecule has 0 atom stereocenters. The number of benzene rings is 1. The number of carbonyl (C=O) groups is 1. The highest BCUT2D eigenvalue weighted by atomic mass is 16.1. The molecule has 1 aromatic carbocycles. The number of aldehydes is 1. The lowest BCUT2D eigenvalue weighted by molar-refractivity contribution is -0.105. The minimum absolute atomic E-state index is 0.752. The Morgan fingerprint density at radius 1 is 1.31 bits per heavy atom. The van der Waals surface area contributed by atoms with Crippen LogP contribution in [-0.4, -0.2) is 6.29 Å². The van der Waals surface area contributed by atoms with Crippen LogP contribution in [0.3, 0.4) is 0 Å². The first-order valence-electron chi connectivity index (χ1n) is 5.73. The van der Waals surface area contributed by atoms with E-state index in [-0.39, 0.29) is 0 Å².